The maximum Gasteiger partial charge on any atom is 0.245 e. The summed E-state index contributed by atoms with van der Waals surface area (Å²) in [6.07, 6.45) is 8.26. The Bertz CT molecular complexity index is 356. The molecule has 2 atom stereocenters. The van der Waals surface area contributed by atoms with Crippen LogP contribution < -0.4 is 5.32 Å². The standard InChI is InChI=1S/C15H26N2O2S/c1-11-10-13(18)16-14(12-6-4-3-5-7-12)15(19)17(11)8-9-20-2/h11-12,14H,3-10H2,1-2H3,(H,16,18). The predicted octanol–water partition coefficient (Wildman–Crippen LogP) is 2.04. The lowest BCUT2D eigenvalue weighted by atomic mass is 9.83. The van der Waals surface area contributed by atoms with Crippen molar-refractivity contribution in [3.05, 3.63) is 0 Å². The van der Waals surface area contributed by atoms with Crippen LogP contribution in [-0.4, -0.2) is 47.4 Å². The first kappa shape index (κ1) is 15.7. The Balaban J connectivity index is 2.12. The molecule has 0 bridgehead atoms. The van der Waals surface area contributed by atoms with Gasteiger partial charge in [-0.1, -0.05) is 19.3 Å². The highest BCUT2D eigenvalue weighted by Crippen LogP contribution is 2.29. The predicted molar refractivity (Wildman–Crippen MR) is 82.7 cm³/mol. The van der Waals surface area contributed by atoms with Gasteiger partial charge in [0.05, 0.1) is 0 Å². The molecule has 0 radical (unpaired) electrons. The van der Waals surface area contributed by atoms with Gasteiger partial charge in [-0.3, -0.25) is 9.59 Å². The van der Waals surface area contributed by atoms with Crippen molar-refractivity contribution in [3.8, 4) is 0 Å². The molecule has 114 valence electrons. The smallest absolute Gasteiger partial charge is 0.245 e. The minimum atomic E-state index is -0.283. The molecule has 5 heteroatoms. The van der Waals surface area contributed by atoms with E-state index in [2.05, 4.69) is 11.6 Å². The SMILES string of the molecule is CSCCN1C(=O)C(C2CCCCC2)NC(=O)CC1C. The Hall–Kier alpha value is -0.710. The molecule has 2 rings (SSSR count). The number of amides is 2. The molecule has 2 aliphatic rings. The molecule has 0 aromatic rings. The summed E-state index contributed by atoms with van der Waals surface area (Å²) in [6.45, 7) is 2.74. The zero-order valence-corrected chi connectivity index (χ0v) is 13.4. The minimum absolute atomic E-state index is 0.0169. The van der Waals surface area contributed by atoms with Gasteiger partial charge in [-0.15, -0.1) is 0 Å². The lowest BCUT2D eigenvalue weighted by Crippen LogP contribution is -2.51. The topological polar surface area (TPSA) is 49.4 Å². The summed E-state index contributed by atoms with van der Waals surface area (Å²) in [5.74, 6) is 1.45. The van der Waals surface area contributed by atoms with Crippen molar-refractivity contribution in [1.82, 2.24) is 10.2 Å². The number of rotatable bonds is 4. The van der Waals surface area contributed by atoms with Crippen molar-refractivity contribution in [2.24, 2.45) is 5.92 Å². The fraction of sp³-hybridized carbons (Fsp3) is 0.867. The summed E-state index contributed by atoms with van der Waals surface area (Å²) >= 11 is 1.74. The Morgan fingerprint density at radius 1 is 1.25 bits per heavy atom. The van der Waals surface area contributed by atoms with Gasteiger partial charge in [0, 0.05) is 24.8 Å². The van der Waals surface area contributed by atoms with E-state index in [1.54, 1.807) is 11.8 Å². The molecule has 2 amide bonds. The molecule has 4 nitrogen and oxygen atoms in total. The summed E-state index contributed by atoms with van der Waals surface area (Å²) in [7, 11) is 0. The van der Waals surface area contributed by atoms with E-state index in [0.29, 0.717) is 12.3 Å². The van der Waals surface area contributed by atoms with Crippen LogP contribution in [0.25, 0.3) is 0 Å². The molecule has 1 N–H and O–H groups in total. The third-order valence-electron chi connectivity index (χ3n) is 4.54. The van der Waals surface area contributed by atoms with Gasteiger partial charge in [-0.05, 0) is 31.9 Å². The maximum absolute atomic E-state index is 12.8. The Morgan fingerprint density at radius 2 is 1.95 bits per heavy atom. The quantitative estimate of drug-likeness (QED) is 0.864. The van der Waals surface area contributed by atoms with Crippen molar-refractivity contribution in [2.45, 2.75) is 57.5 Å². The van der Waals surface area contributed by atoms with E-state index in [4.69, 9.17) is 0 Å². The molecular formula is C15H26N2O2S. The minimum Gasteiger partial charge on any atom is -0.344 e. The first-order chi connectivity index (χ1) is 9.63. The van der Waals surface area contributed by atoms with Gasteiger partial charge in [0.25, 0.3) is 0 Å². The highest BCUT2D eigenvalue weighted by Gasteiger charge is 2.38. The molecular weight excluding hydrogens is 272 g/mol. The van der Waals surface area contributed by atoms with E-state index >= 15 is 0 Å². The van der Waals surface area contributed by atoms with Gasteiger partial charge in [0.1, 0.15) is 6.04 Å². The van der Waals surface area contributed by atoms with E-state index in [0.717, 1.165) is 25.1 Å². The largest absolute Gasteiger partial charge is 0.344 e. The van der Waals surface area contributed by atoms with Crippen LogP contribution in [0, 0.1) is 5.92 Å². The summed E-state index contributed by atoms with van der Waals surface area (Å²) in [5, 5.41) is 3.00. The Morgan fingerprint density at radius 3 is 2.60 bits per heavy atom. The van der Waals surface area contributed by atoms with Crippen molar-refractivity contribution >= 4 is 23.6 Å². The first-order valence-electron chi connectivity index (χ1n) is 7.72. The molecule has 1 aliphatic carbocycles. The number of carbonyl (C=O) groups excluding carboxylic acids is 2. The van der Waals surface area contributed by atoms with E-state index in [1.807, 2.05) is 11.8 Å². The zero-order chi connectivity index (χ0) is 14.5. The number of hydrogen-bond donors (Lipinski definition) is 1. The maximum atomic E-state index is 12.8. The molecule has 20 heavy (non-hydrogen) atoms. The number of nitrogens with zero attached hydrogens (tertiary/aromatic N) is 1. The molecule has 1 saturated heterocycles. The summed E-state index contributed by atoms with van der Waals surface area (Å²) in [5.41, 5.74) is 0. The van der Waals surface area contributed by atoms with Gasteiger partial charge >= 0.3 is 0 Å². The molecule has 2 unspecified atom stereocenters. The fourth-order valence-electron chi connectivity index (χ4n) is 3.38. The van der Waals surface area contributed by atoms with Crippen LogP contribution in [0.2, 0.25) is 0 Å². The van der Waals surface area contributed by atoms with Crippen LogP contribution in [-0.2, 0) is 9.59 Å². The zero-order valence-electron chi connectivity index (χ0n) is 12.6. The summed E-state index contributed by atoms with van der Waals surface area (Å²) < 4.78 is 0. The molecule has 0 spiro atoms. The third kappa shape index (κ3) is 3.68. The summed E-state index contributed by atoms with van der Waals surface area (Å²) in [6, 6.07) is -0.266. The number of carbonyl (C=O) groups is 2. The average Bonchev–Trinajstić information content (AvgIpc) is 2.55. The van der Waals surface area contributed by atoms with E-state index in [1.165, 1.54) is 19.3 Å². The lowest BCUT2D eigenvalue weighted by Gasteiger charge is -2.33. The lowest BCUT2D eigenvalue weighted by molar-refractivity contribution is -0.136. The molecule has 1 saturated carbocycles. The normalized spacial score (nSPS) is 29.2. The highest BCUT2D eigenvalue weighted by molar-refractivity contribution is 7.98. The number of nitrogens with one attached hydrogen (secondary N) is 1. The van der Waals surface area contributed by atoms with Crippen LogP contribution in [0.3, 0.4) is 0 Å². The van der Waals surface area contributed by atoms with Crippen molar-refractivity contribution in [3.63, 3.8) is 0 Å². The van der Waals surface area contributed by atoms with Crippen LogP contribution in [0.1, 0.15) is 45.4 Å². The highest BCUT2D eigenvalue weighted by atomic mass is 32.2. The van der Waals surface area contributed by atoms with Gasteiger partial charge in [-0.25, -0.2) is 0 Å². The molecule has 2 fully saturated rings. The van der Waals surface area contributed by atoms with Crippen molar-refractivity contribution in [1.29, 1.82) is 0 Å². The van der Waals surface area contributed by atoms with Crippen molar-refractivity contribution in [2.75, 3.05) is 18.6 Å². The van der Waals surface area contributed by atoms with E-state index < -0.39 is 0 Å². The Labute approximate surface area is 126 Å². The van der Waals surface area contributed by atoms with Gasteiger partial charge in [0.15, 0.2) is 0 Å². The fourth-order valence-corrected chi connectivity index (χ4v) is 3.75. The second-order valence-corrected chi connectivity index (χ2v) is 7.01. The van der Waals surface area contributed by atoms with E-state index in [-0.39, 0.29) is 23.9 Å². The Kier molecular flexibility index (Phi) is 5.75. The van der Waals surface area contributed by atoms with Crippen molar-refractivity contribution < 1.29 is 9.59 Å². The third-order valence-corrected chi connectivity index (χ3v) is 5.13. The second-order valence-electron chi connectivity index (χ2n) is 6.02. The van der Waals surface area contributed by atoms with Crippen LogP contribution in [0.4, 0.5) is 0 Å². The van der Waals surface area contributed by atoms with Crippen LogP contribution >= 0.6 is 11.8 Å². The first-order valence-corrected chi connectivity index (χ1v) is 9.11. The van der Waals surface area contributed by atoms with E-state index in [9.17, 15) is 9.59 Å². The molecule has 1 heterocycles. The molecule has 1 aliphatic heterocycles. The van der Waals surface area contributed by atoms with Gasteiger partial charge in [-0.2, -0.15) is 11.8 Å². The van der Waals surface area contributed by atoms with Crippen LogP contribution in [0.15, 0.2) is 0 Å². The van der Waals surface area contributed by atoms with Crippen LogP contribution in [0.5, 0.6) is 0 Å². The second kappa shape index (κ2) is 7.34. The van der Waals surface area contributed by atoms with Gasteiger partial charge in [0.2, 0.25) is 11.8 Å². The molecule has 0 aromatic heterocycles. The number of hydrogen-bond acceptors (Lipinski definition) is 3. The van der Waals surface area contributed by atoms with Gasteiger partial charge < -0.3 is 10.2 Å². The monoisotopic (exact) mass is 298 g/mol. The number of thioether (sulfide) groups is 1. The molecule has 0 aromatic carbocycles. The summed E-state index contributed by atoms with van der Waals surface area (Å²) in [4.78, 5) is 26.7. The average molecular weight is 298 g/mol.